The highest BCUT2D eigenvalue weighted by molar-refractivity contribution is 6.01. The molecule has 0 radical (unpaired) electrons. The highest BCUT2D eigenvalue weighted by Crippen LogP contribution is 2.43. The molecular weight excluding hydrogens is 193 g/mol. The Morgan fingerprint density at radius 2 is 1.86 bits per heavy atom. The van der Waals surface area contributed by atoms with Gasteiger partial charge in [-0.25, -0.2) is 0 Å². The van der Waals surface area contributed by atoms with Gasteiger partial charge in [0.1, 0.15) is 0 Å². The zero-order valence-corrected chi connectivity index (χ0v) is 7.14. The van der Waals surface area contributed by atoms with Crippen LogP contribution in [0.4, 0.5) is 13.2 Å². The lowest BCUT2D eigenvalue weighted by atomic mass is 10.0. The normalized spacial score (nSPS) is 21.1. The lowest BCUT2D eigenvalue weighted by molar-refractivity contribution is -0.148. The molecule has 0 saturated heterocycles. The van der Waals surface area contributed by atoms with Gasteiger partial charge in [-0.3, -0.25) is 4.79 Å². The zero-order valence-electron chi connectivity index (χ0n) is 7.14. The lowest BCUT2D eigenvalue weighted by Gasteiger charge is -2.14. The van der Waals surface area contributed by atoms with Gasteiger partial charge in [-0.05, 0) is 5.56 Å². The van der Waals surface area contributed by atoms with Crippen molar-refractivity contribution >= 4 is 5.78 Å². The van der Waals surface area contributed by atoms with Crippen LogP contribution in [0.25, 0.3) is 0 Å². The molecule has 0 amide bonds. The number of carbonyl (C=O) groups is 1. The van der Waals surface area contributed by atoms with Gasteiger partial charge in [0.05, 0.1) is 5.92 Å². The van der Waals surface area contributed by atoms with E-state index >= 15 is 0 Å². The first-order valence-electron chi connectivity index (χ1n) is 4.19. The fourth-order valence-corrected chi connectivity index (χ4v) is 1.75. The van der Waals surface area contributed by atoms with Crippen molar-refractivity contribution in [1.82, 2.24) is 0 Å². The number of benzene rings is 1. The third-order valence-electron chi connectivity index (χ3n) is 2.42. The molecule has 0 aliphatic heterocycles. The third-order valence-corrected chi connectivity index (χ3v) is 2.42. The Balaban J connectivity index is 2.50. The first-order chi connectivity index (χ1) is 6.50. The van der Waals surface area contributed by atoms with Crippen LogP contribution in [-0.4, -0.2) is 12.0 Å². The second kappa shape index (κ2) is 2.83. The molecular formula is C10H7F3O. The summed E-state index contributed by atoms with van der Waals surface area (Å²) in [4.78, 5) is 11.2. The number of halogens is 3. The quantitative estimate of drug-likeness (QED) is 0.629. The van der Waals surface area contributed by atoms with E-state index in [1.165, 1.54) is 18.2 Å². The minimum atomic E-state index is -4.32. The van der Waals surface area contributed by atoms with E-state index in [9.17, 15) is 18.0 Å². The molecule has 1 aliphatic rings. The third kappa shape index (κ3) is 1.31. The van der Waals surface area contributed by atoms with Crippen molar-refractivity contribution in [3.8, 4) is 0 Å². The van der Waals surface area contributed by atoms with E-state index in [-0.39, 0.29) is 11.1 Å². The number of hydrogen-bond acceptors (Lipinski definition) is 1. The van der Waals surface area contributed by atoms with E-state index < -0.39 is 24.3 Å². The summed E-state index contributed by atoms with van der Waals surface area (Å²) in [6, 6.07) is 5.92. The number of alkyl halides is 3. The number of Topliss-reactive ketones (excluding diaryl/α,β-unsaturated/α-hetero) is 1. The van der Waals surface area contributed by atoms with Gasteiger partial charge >= 0.3 is 6.18 Å². The van der Waals surface area contributed by atoms with Crippen molar-refractivity contribution in [2.45, 2.75) is 18.5 Å². The van der Waals surface area contributed by atoms with E-state index in [1.807, 2.05) is 0 Å². The van der Waals surface area contributed by atoms with Crippen LogP contribution >= 0.6 is 0 Å². The van der Waals surface area contributed by atoms with Crippen molar-refractivity contribution in [3.63, 3.8) is 0 Å². The predicted molar refractivity (Wildman–Crippen MR) is 44.2 cm³/mol. The van der Waals surface area contributed by atoms with Crippen molar-refractivity contribution < 1.29 is 18.0 Å². The molecule has 0 N–H and O–H groups in total. The number of carbonyl (C=O) groups excluding carboxylic acids is 1. The Labute approximate surface area is 78.5 Å². The van der Waals surface area contributed by atoms with Gasteiger partial charge in [0.15, 0.2) is 5.78 Å². The number of fused-ring (bicyclic) bond motifs is 1. The SMILES string of the molecule is O=C1C[C@@H](C(F)(F)F)c2ccccc21. The summed E-state index contributed by atoms with van der Waals surface area (Å²) in [5.41, 5.74) is 0.333. The highest BCUT2D eigenvalue weighted by atomic mass is 19.4. The average Bonchev–Trinajstić information content (AvgIpc) is 2.44. The Hall–Kier alpha value is -1.32. The standard InChI is InChI=1S/C10H7F3O/c11-10(12,13)8-5-9(14)7-4-2-1-3-6(7)8/h1-4,8H,5H2/t8-/m1/s1. The van der Waals surface area contributed by atoms with Gasteiger partial charge < -0.3 is 0 Å². The van der Waals surface area contributed by atoms with Gasteiger partial charge in [-0.2, -0.15) is 13.2 Å². The molecule has 74 valence electrons. The van der Waals surface area contributed by atoms with Crippen molar-refractivity contribution in [2.24, 2.45) is 0 Å². The molecule has 0 aromatic heterocycles. The molecule has 0 spiro atoms. The number of ketones is 1. The molecule has 14 heavy (non-hydrogen) atoms. The largest absolute Gasteiger partial charge is 0.396 e. The van der Waals surface area contributed by atoms with Gasteiger partial charge in [-0.1, -0.05) is 24.3 Å². The van der Waals surface area contributed by atoms with Crippen LogP contribution in [-0.2, 0) is 0 Å². The van der Waals surface area contributed by atoms with E-state index in [0.29, 0.717) is 0 Å². The van der Waals surface area contributed by atoms with E-state index in [0.717, 1.165) is 0 Å². The Morgan fingerprint density at radius 3 is 2.50 bits per heavy atom. The Morgan fingerprint density at radius 1 is 1.21 bits per heavy atom. The molecule has 0 saturated carbocycles. The summed E-state index contributed by atoms with van der Waals surface area (Å²) in [6.07, 6.45) is -4.76. The van der Waals surface area contributed by atoms with Gasteiger partial charge in [0.2, 0.25) is 0 Å². The van der Waals surface area contributed by atoms with Crippen LogP contribution in [0.2, 0.25) is 0 Å². The Kier molecular flexibility index (Phi) is 1.87. The number of rotatable bonds is 0. The van der Waals surface area contributed by atoms with Crippen LogP contribution in [0.5, 0.6) is 0 Å². The fourth-order valence-electron chi connectivity index (χ4n) is 1.75. The second-order valence-corrected chi connectivity index (χ2v) is 3.31. The van der Waals surface area contributed by atoms with Crippen LogP contribution in [0.3, 0.4) is 0 Å². The van der Waals surface area contributed by atoms with Gasteiger partial charge in [-0.15, -0.1) is 0 Å². The van der Waals surface area contributed by atoms with Gasteiger partial charge in [0, 0.05) is 12.0 Å². The highest BCUT2D eigenvalue weighted by Gasteiger charge is 2.46. The van der Waals surface area contributed by atoms with Crippen molar-refractivity contribution in [2.75, 3.05) is 0 Å². The summed E-state index contributed by atoms with van der Waals surface area (Å²) < 4.78 is 37.4. The summed E-state index contributed by atoms with van der Waals surface area (Å²) in [6.45, 7) is 0. The van der Waals surface area contributed by atoms with Crippen LogP contribution in [0.15, 0.2) is 24.3 Å². The summed E-state index contributed by atoms with van der Waals surface area (Å²) in [5, 5.41) is 0. The topological polar surface area (TPSA) is 17.1 Å². The maximum atomic E-state index is 12.5. The molecule has 4 heteroatoms. The molecule has 0 heterocycles. The first kappa shape index (κ1) is 9.24. The van der Waals surface area contributed by atoms with Crippen LogP contribution < -0.4 is 0 Å². The van der Waals surface area contributed by atoms with E-state index in [2.05, 4.69) is 0 Å². The first-order valence-corrected chi connectivity index (χ1v) is 4.19. The molecule has 0 unspecified atom stereocenters. The molecule has 1 aromatic carbocycles. The second-order valence-electron chi connectivity index (χ2n) is 3.31. The molecule has 0 fully saturated rings. The minimum absolute atomic E-state index is 0.116. The van der Waals surface area contributed by atoms with Crippen molar-refractivity contribution in [1.29, 1.82) is 0 Å². The Bertz CT molecular complexity index is 381. The maximum Gasteiger partial charge on any atom is 0.396 e. The van der Waals surface area contributed by atoms with E-state index in [4.69, 9.17) is 0 Å². The monoisotopic (exact) mass is 200 g/mol. The molecule has 0 bridgehead atoms. The zero-order chi connectivity index (χ0) is 10.3. The minimum Gasteiger partial charge on any atom is -0.294 e. The molecule has 1 nitrogen and oxygen atoms in total. The summed E-state index contributed by atoms with van der Waals surface area (Å²) in [5.74, 6) is -2.02. The van der Waals surface area contributed by atoms with Gasteiger partial charge in [0.25, 0.3) is 0 Å². The fraction of sp³-hybridized carbons (Fsp3) is 0.300. The molecule has 2 rings (SSSR count). The van der Waals surface area contributed by atoms with Crippen LogP contribution in [0.1, 0.15) is 28.3 Å². The maximum absolute atomic E-state index is 12.5. The molecule has 1 atom stereocenters. The summed E-state index contributed by atoms with van der Waals surface area (Å²) in [7, 11) is 0. The smallest absolute Gasteiger partial charge is 0.294 e. The average molecular weight is 200 g/mol. The molecule has 1 aromatic rings. The predicted octanol–water partition coefficient (Wildman–Crippen LogP) is 2.92. The van der Waals surface area contributed by atoms with Crippen molar-refractivity contribution in [3.05, 3.63) is 35.4 Å². The van der Waals surface area contributed by atoms with Crippen LogP contribution in [0, 0.1) is 0 Å². The lowest BCUT2D eigenvalue weighted by Crippen LogP contribution is -2.18. The van der Waals surface area contributed by atoms with E-state index in [1.54, 1.807) is 6.07 Å². The molecule has 1 aliphatic carbocycles. The summed E-state index contributed by atoms with van der Waals surface area (Å²) >= 11 is 0. The number of hydrogen-bond donors (Lipinski definition) is 0.